The largest absolute Gasteiger partial charge is 0.436 e. The normalized spacial score (nSPS) is 12.9. The monoisotopic (exact) mass is 357 g/mol. The SMILES string of the molecule is Cc1ccc(C2=Nc3ccccc3OC(c3ccc([N+](=O)[O-])cc3)=N2)cc1. The highest BCUT2D eigenvalue weighted by Crippen LogP contribution is 2.31. The number of hydrogen-bond acceptors (Lipinski definition) is 5. The predicted molar refractivity (Wildman–Crippen MR) is 104 cm³/mol. The maximum Gasteiger partial charge on any atom is 0.269 e. The Bertz CT molecular complexity index is 1070. The van der Waals surface area contributed by atoms with Crippen LogP contribution in [0.3, 0.4) is 0 Å². The van der Waals surface area contributed by atoms with Crippen molar-refractivity contribution in [1.82, 2.24) is 0 Å². The maximum atomic E-state index is 10.9. The molecule has 4 rings (SSSR count). The summed E-state index contributed by atoms with van der Waals surface area (Å²) in [6.45, 7) is 2.02. The van der Waals surface area contributed by atoms with E-state index < -0.39 is 4.92 Å². The van der Waals surface area contributed by atoms with Gasteiger partial charge in [-0.2, -0.15) is 4.99 Å². The first-order valence-electron chi connectivity index (χ1n) is 8.36. The number of para-hydroxylation sites is 2. The Balaban J connectivity index is 1.82. The Morgan fingerprint density at radius 2 is 1.52 bits per heavy atom. The van der Waals surface area contributed by atoms with Gasteiger partial charge in [-0.15, -0.1) is 0 Å². The lowest BCUT2D eigenvalue weighted by atomic mass is 10.1. The van der Waals surface area contributed by atoms with E-state index in [0.717, 1.165) is 11.1 Å². The van der Waals surface area contributed by atoms with E-state index in [-0.39, 0.29) is 5.69 Å². The van der Waals surface area contributed by atoms with Crippen LogP contribution < -0.4 is 4.74 Å². The summed E-state index contributed by atoms with van der Waals surface area (Å²) in [7, 11) is 0. The molecule has 0 bridgehead atoms. The minimum Gasteiger partial charge on any atom is -0.436 e. The van der Waals surface area contributed by atoms with Crippen molar-refractivity contribution in [2.75, 3.05) is 0 Å². The molecule has 3 aromatic rings. The zero-order chi connectivity index (χ0) is 18.8. The van der Waals surface area contributed by atoms with E-state index in [0.29, 0.717) is 28.7 Å². The first kappa shape index (κ1) is 16.7. The van der Waals surface area contributed by atoms with Gasteiger partial charge in [0.2, 0.25) is 5.90 Å². The quantitative estimate of drug-likeness (QED) is 0.498. The van der Waals surface area contributed by atoms with Gasteiger partial charge < -0.3 is 4.74 Å². The molecular formula is C21H15N3O3. The van der Waals surface area contributed by atoms with Gasteiger partial charge in [0.15, 0.2) is 11.6 Å². The molecule has 0 amide bonds. The van der Waals surface area contributed by atoms with Crippen molar-refractivity contribution in [2.45, 2.75) is 6.92 Å². The van der Waals surface area contributed by atoms with Gasteiger partial charge in [-0.25, -0.2) is 4.99 Å². The molecule has 0 saturated carbocycles. The van der Waals surface area contributed by atoms with Gasteiger partial charge in [0.1, 0.15) is 5.69 Å². The summed E-state index contributed by atoms with van der Waals surface area (Å²) in [6, 6.07) is 21.4. The summed E-state index contributed by atoms with van der Waals surface area (Å²) in [5.41, 5.74) is 3.33. The third-order valence-corrected chi connectivity index (χ3v) is 4.14. The van der Waals surface area contributed by atoms with E-state index in [1.54, 1.807) is 12.1 Å². The van der Waals surface area contributed by atoms with Crippen molar-refractivity contribution in [3.05, 3.63) is 99.6 Å². The topological polar surface area (TPSA) is 77.1 Å². The number of aryl methyl sites for hydroxylation is 1. The molecule has 0 fully saturated rings. The third-order valence-electron chi connectivity index (χ3n) is 4.14. The zero-order valence-corrected chi connectivity index (χ0v) is 14.5. The molecule has 3 aromatic carbocycles. The van der Waals surface area contributed by atoms with Crippen LogP contribution in [0.25, 0.3) is 0 Å². The molecule has 0 radical (unpaired) electrons. The number of amidine groups is 1. The van der Waals surface area contributed by atoms with Crippen molar-refractivity contribution in [1.29, 1.82) is 0 Å². The number of hydrogen-bond donors (Lipinski definition) is 0. The van der Waals surface area contributed by atoms with E-state index in [2.05, 4.69) is 9.98 Å². The number of ether oxygens (including phenoxy) is 1. The number of nitrogens with zero attached hydrogens (tertiary/aromatic N) is 3. The fraction of sp³-hybridized carbons (Fsp3) is 0.0476. The lowest BCUT2D eigenvalue weighted by Crippen LogP contribution is -2.12. The van der Waals surface area contributed by atoms with Gasteiger partial charge >= 0.3 is 0 Å². The molecule has 1 heterocycles. The fourth-order valence-corrected chi connectivity index (χ4v) is 2.68. The van der Waals surface area contributed by atoms with Gasteiger partial charge in [-0.3, -0.25) is 10.1 Å². The van der Waals surface area contributed by atoms with Gasteiger partial charge in [0.25, 0.3) is 5.69 Å². The highest BCUT2D eigenvalue weighted by atomic mass is 16.6. The smallest absolute Gasteiger partial charge is 0.269 e. The number of nitro groups is 1. The number of aliphatic imine (C=N–C) groups is 2. The minimum absolute atomic E-state index is 0.0146. The van der Waals surface area contributed by atoms with E-state index in [1.807, 2.05) is 55.5 Å². The molecule has 0 unspecified atom stereocenters. The highest BCUT2D eigenvalue weighted by molar-refractivity contribution is 6.12. The van der Waals surface area contributed by atoms with Crippen molar-refractivity contribution < 1.29 is 9.66 Å². The summed E-state index contributed by atoms with van der Waals surface area (Å²) >= 11 is 0. The average molecular weight is 357 g/mol. The van der Waals surface area contributed by atoms with Crippen LogP contribution >= 0.6 is 0 Å². The van der Waals surface area contributed by atoms with E-state index in [9.17, 15) is 10.1 Å². The van der Waals surface area contributed by atoms with Crippen molar-refractivity contribution >= 4 is 23.1 Å². The Morgan fingerprint density at radius 3 is 2.22 bits per heavy atom. The number of benzene rings is 3. The van der Waals surface area contributed by atoms with Crippen LogP contribution in [0.2, 0.25) is 0 Å². The molecular weight excluding hydrogens is 342 g/mol. The summed E-state index contributed by atoms with van der Waals surface area (Å²) in [5, 5.41) is 10.9. The van der Waals surface area contributed by atoms with Crippen molar-refractivity contribution in [3.8, 4) is 5.75 Å². The number of rotatable bonds is 3. The summed E-state index contributed by atoms with van der Waals surface area (Å²) in [6.07, 6.45) is 0. The second-order valence-electron chi connectivity index (χ2n) is 6.09. The standard InChI is InChI=1S/C21H15N3O3/c1-14-6-8-15(9-7-14)20-22-18-4-2-3-5-19(18)27-21(23-20)16-10-12-17(13-11-16)24(25)26/h2-13H,1H3. The number of non-ortho nitro benzene ring substituents is 1. The number of fused-ring (bicyclic) bond motifs is 1. The van der Waals surface area contributed by atoms with Crippen LogP contribution in [0.4, 0.5) is 11.4 Å². The summed E-state index contributed by atoms with van der Waals surface area (Å²) < 4.78 is 5.98. The second-order valence-corrected chi connectivity index (χ2v) is 6.09. The lowest BCUT2D eigenvalue weighted by Gasteiger charge is -2.08. The molecule has 1 aliphatic rings. The molecule has 27 heavy (non-hydrogen) atoms. The fourth-order valence-electron chi connectivity index (χ4n) is 2.68. The van der Waals surface area contributed by atoms with E-state index in [1.165, 1.54) is 12.1 Å². The molecule has 6 nitrogen and oxygen atoms in total. The van der Waals surface area contributed by atoms with Crippen LogP contribution in [-0.2, 0) is 0 Å². The summed E-state index contributed by atoms with van der Waals surface area (Å²) in [4.78, 5) is 19.7. The van der Waals surface area contributed by atoms with Crippen LogP contribution in [0, 0.1) is 17.0 Å². The molecule has 0 N–H and O–H groups in total. The zero-order valence-electron chi connectivity index (χ0n) is 14.5. The van der Waals surface area contributed by atoms with Crippen LogP contribution in [0.15, 0.2) is 82.8 Å². The predicted octanol–water partition coefficient (Wildman–Crippen LogP) is 4.82. The Labute approximate surface area is 155 Å². The molecule has 0 atom stereocenters. The Hall–Kier alpha value is -3.80. The van der Waals surface area contributed by atoms with Gasteiger partial charge in [-0.05, 0) is 31.2 Å². The van der Waals surface area contributed by atoms with Gasteiger partial charge in [0.05, 0.1) is 4.92 Å². The molecule has 6 heteroatoms. The maximum absolute atomic E-state index is 10.9. The van der Waals surface area contributed by atoms with Gasteiger partial charge in [0, 0.05) is 23.3 Å². The van der Waals surface area contributed by atoms with Crippen molar-refractivity contribution in [3.63, 3.8) is 0 Å². The molecule has 0 aromatic heterocycles. The van der Waals surface area contributed by atoms with Crippen molar-refractivity contribution in [2.24, 2.45) is 9.98 Å². The van der Waals surface area contributed by atoms with Crippen LogP contribution in [-0.4, -0.2) is 16.7 Å². The second kappa shape index (κ2) is 6.84. The highest BCUT2D eigenvalue weighted by Gasteiger charge is 2.18. The molecule has 0 saturated heterocycles. The summed E-state index contributed by atoms with van der Waals surface area (Å²) in [5.74, 6) is 1.44. The Kier molecular flexibility index (Phi) is 4.22. The minimum atomic E-state index is -0.436. The third kappa shape index (κ3) is 3.46. The van der Waals surface area contributed by atoms with Crippen LogP contribution in [0.5, 0.6) is 5.75 Å². The van der Waals surface area contributed by atoms with E-state index >= 15 is 0 Å². The molecule has 0 spiro atoms. The molecule has 0 aliphatic carbocycles. The molecule has 1 aliphatic heterocycles. The average Bonchev–Trinajstić information content (AvgIpc) is 2.88. The molecule has 132 valence electrons. The number of nitro benzene ring substituents is 1. The van der Waals surface area contributed by atoms with Gasteiger partial charge in [-0.1, -0.05) is 42.0 Å². The Morgan fingerprint density at radius 1 is 0.852 bits per heavy atom. The first-order chi connectivity index (χ1) is 13.1. The van der Waals surface area contributed by atoms with Crippen LogP contribution in [0.1, 0.15) is 16.7 Å². The first-order valence-corrected chi connectivity index (χ1v) is 8.36. The van der Waals surface area contributed by atoms with E-state index in [4.69, 9.17) is 4.74 Å². The lowest BCUT2D eigenvalue weighted by molar-refractivity contribution is -0.384.